The van der Waals surface area contributed by atoms with E-state index in [9.17, 15) is 24.8 Å². The number of carbonyl (C=O) groups excluding carboxylic acids is 1. The number of carboxylic acids is 1. The van der Waals surface area contributed by atoms with Gasteiger partial charge in [-0.25, -0.2) is 9.59 Å². The summed E-state index contributed by atoms with van der Waals surface area (Å²) in [6.07, 6.45) is -0.916. The van der Waals surface area contributed by atoms with Crippen LogP contribution in [0.1, 0.15) is 28.7 Å². The summed E-state index contributed by atoms with van der Waals surface area (Å²) >= 11 is 0. The standard InChI is InChI=1S/C23H18N2O6/c26-22(27)21(14-6-5-7-15(12-14)25(29)30)24-23(28)31-13-20-18-10-3-1-8-16(18)17-9-2-4-11-19(17)20/h1-12,20-21H,13H2,(H,24,28)(H,26,27). The Hall–Kier alpha value is -4.20. The lowest BCUT2D eigenvalue weighted by molar-refractivity contribution is -0.384. The Morgan fingerprint density at radius 1 is 1.00 bits per heavy atom. The second-order valence-electron chi connectivity index (χ2n) is 7.09. The molecule has 0 bridgehead atoms. The van der Waals surface area contributed by atoms with Gasteiger partial charge >= 0.3 is 12.1 Å². The normalized spacial score (nSPS) is 13.0. The molecule has 0 heterocycles. The Bertz CT molecular complexity index is 1130. The van der Waals surface area contributed by atoms with Crippen LogP contribution < -0.4 is 5.32 Å². The van der Waals surface area contributed by atoms with E-state index in [2.05, 4.69) is 5.32 Å². The van der Waals surface area contributed by atoms with Crippen molar-refractivity contribution in [2.45, 2.75) is 12.0 Å². The SMILES string of the molecule is O=C(NC(C(=O)O)c1cccc([N+](=O)[O-])c1)OCC1c2ccccc2-c2ccccc21. The van der Waals surface area contributed by atoms with Crippen molar-refractivity contribution < 1.29 is 24.4 Å². The molecular formula is C23H18N2O6. The molecule has 2 N–H and O–H groups in total. The highest BCUT2D eigenvalue weighted by Gasteiger charge is 2.30. The van der Waals surface area contributed by atoms with Crippen LogP contribution in [0, 0.1) is 10.1 Å². The molecule has 156 valence electrons. The monoisotopic (exact) mass is 418 g/mol. The molecule has 1 aliphatic carbocycles. The Morgan fingerprint density at radius 3 is 2.19 bits per heavy atom. The summed E-state index contributed by atoms with van der Waals surface area (Å²) in [5.41, 5.74) is 4.03. The number of aliphatic carboxylic acids is 1. The van der Waals surface area contributed by atoms with Gasteiger partial charge in [-0.1, -0.05) is 60.7 Å². The number of carbonyl (C=O) groups is 2. The number of hydrogen-bond acceptors (Lipinski definition) is 5. The number of rotatable bonds is 6. The van der Waals surface area contributed by atoms with Gasteiger partial charge in [0, 0.05) is 18.1 Å². The Labute approximate surface area is 177 Å². The zero-order chi connectivity index (χ0) is 22.0. The lowest BCUT2D eigenvalue weighted by Gasteiger charge is -2.17. The average molecular weight is 418 g/mol. The van der Waals surface area contributed by atoms with Gasteiger partial charge in [-0.05, 0) is 27.8 Å². The molecule has 0 aromatic heterocycles. The van der Waals surface area contributed by atoms with Gasteiger partial charge in [0.15, 0.2) is 6.04 Å². The Kier molecular flexibility index (Phi) is 5.36. The molecule has 1 aliphatic rings. The number of non-ortho nitro benzene ring substituents is 1. The molecule has 3 aromatic carbocycles. The van der Waals surface area contributed by atoms with Gasteiger partial charge in [0.1, 0.15) is 6.61 Å². The molecule has 3 aromatic rings. The third-order valence-corrected chi connectivity index (χ3v) is 5.27. The fourth-order valence-corrected chi connectivity index (χ4v) is 3.86. The lowest BCUT2D eigenvalue weighted by atomic mass is 9.98. The van der Waals surface area contributed by atoms with E-state index >= 15 is 0 Å². The number of hydrogen-bond donors (Lipinski definition) is 2. The third kappa shape index (κ3) is 3.95. The molecular weight excluding hydrogens is 400 g/mol. The van der Waals surface area contributed by atoms with Gasteiger partial charge in [0.25, 0.3) is 5.69 Å². The molecule has 0 saturated heterocycles. The maximum Gasteiger partial charge on any atom is 0.408 e. The predicted molar refractivity (Wildman–Crippen MR) is 112 cm³/mol. The number of alkyl carbamates (subject to hydrolysis) is 1. The van der Waals surface area contributed by atoms with E-state index in [4.69, 9.17) is 4.74 Å². The third-order valence-electron chi connectivity index (χ3n) is 5.27. The van der Waals surface area contributed by atoms with Crippen LogP contribution in [0.2, 0.25) is 0 Å². The maximum absolute atomic E-state index is 12.4. The number of nitrogens with zero attached hydrogens (tertiary/aromatic N) is 1. The van der Waals surface area contributed by atoms with Crippen molar-refractivity contribution >= 4 is 17.7 Å². The molecule has 0 radical (unpaired) electrons. The number of fused-ring (bicyclic) bond motifs is 3. The van der Waals surface area contributed by atoms with E-state index in [-0.39, 0.29) is 23.8 Å². The minimum absolute atomic E-state index is 0.0289. The molecule has 31 heavy (non-hydrogen) atoms. The first-order valence-corrected chi connectivity index (χ1v) is 9.54. The van der Waals surface area contributed by atoms with Gasteiger partial charge in [-0.15, -0.1) is 0 Å². The van der Waals surface area contributed by atoms with Crippen LogP contribution in [-0.2, 0) is 9.53 Å². The number of nitro groups is 1. The first-order chi connectivity index (χ1) is 15.0. The second kappa shape index (κ2) is 8.27. The largest absolute Gasteiger partial charge is 0.479 e. The summed E-state index contributed by atoms with van der Waals surface area (Å²) in [4.78, 5) is 34.4. The van der Waals surface area contributed by atoms with E-state index in [1.165, 1.54) is 18.2 Å². The second-order valence-corrected chi connectivity index (χ2v) is 7.09. The van der Waals surface area contributed by atoms with Crippen LogP contribution in [0.25, 0.3) is 11.1 Å². The molecule has 1 unspecified atom stereocenters. The quantitative estimate of drug-likeness (QED) is 0.456. The highest BCUT2D eigenvalue weighted by molar-refractivity contribution is 5.82. The number of carboxylic acid groups (broad SMARTS) is 1. The number of nitro benzene ring substituents is 1. The van der Waals surface area contributed by atoms with Gasteiger partial charge in [0.2, 0.25) is 0 Å². The van der Waals surface area contributed by atoms with E-state index in [0.717, 1.165) is 28.3 Å². The van der Waals surface area contributed by atoms with Gasteiger partial charge in [-0.3, -0.25) is 10.1 Å². The lowest BCUT2D eigenvalue weighted by Crippen LogP contribution is -2.34. The summed E-state index contributed by atoms with van der Waals surface area (Å²) in [6, 6.07) is 19.3. The highest BCUT2D eigenvalue weighted by Crippen LogP contribution is 2.44. The zero-order valence-electron chi connectivity index (χ0n) is 16.2. The van der Waals surface area contributed by atoms with Crippen molar-refractivity contribution in [2.75, 3.05) is 6.61 Å². The van der Waals surface area contributed by atoms with Crippen LogP contribution in [0.5, 0.6) is 0 Å². The average Bonchev–Trinajstić information content (AvgIpc) is 3.09. The maximum atomic E-state index is 12.4. The smallest absolute Gasteiger partial charge is 0.408 e. The van der Waals surface area contributed by atoms with Gasteiger partial charge in [0.05, 0.1) is 4.92 Å². The van der Waals surface area contributed by atoms with Gasteiger partial charge < -0.3 is 15.2 Å². The summed E-state index contributed by atoms with van der Waals surface area (Å²) in [5.74, 6) is -1.52. The first-order valence-electron chi connectivity index (χ1n) is 9.54. The minimum atomic E-state index is -1.48. The van der Waals surface area contributed by atoms with Gasteiger partial charge in [-0.2, -0.15) is 0 Å². The van der Waals surface area contributed by atoms with Crippen LogP contribution >= 0.6 is 0 Å². The molecule has 0 aliphatic heterocycles. The number of ether oxygens (including phenoxy) is 1. The number of nitrogens with one attached hydrogen (secondary N) is 1. The summed E-state index contributed by atoms with van der Waals surface area (Å²) in [6.45, 7) is 0.0289. The van der Waals surface area contributed by atoms with Crippen molar-refractivity contribution in [3.63, 3.8) is 0 Å². The molecule has 4 rings (SSSR count). The minimum Gasteiger partial charge on any atom is -0.479 e. The molecule has 1 atom stereocenters. The summed E-state index contributed by atoms with van der Waals surface area (Å²) < 4.78 is 5.37. The molecule has 0 fully saturated rings. The van der Waals surface area contributed by atoms with Crippen molar-refractivity contribution in [2.24, 2.45) is 0 Å². The zero-order valence-corrected chi connectivity index (χ0v) is 16.2. The van der Waals surface area contributed by atoms with Crippen molar-refractivity contribution in [3.05, 3.63) is 99.6 Å². The Morgan fingerprint density at radius 2 is 1.61 bits per heavy atom. The van der Waals surface area contributed by atoms with Crippen LogP contribution in [0.15, 0.2) is 72.8 Å². The van der Waals surface area contributed by atoms with E-state index in [0.29, 0.717) is 0 Å². The number of benzene rings is 3. The molecule has 8 heteroatoms. The first kappa shape index (κ1) is 20.1. The van der Waals surface area contributed by atoms with E-state index in [1.54, 1.807) is 0 Å². The number of amides is 1. The van der Waals surface area contributed by atoms with Crippen molar-refractivity contribution in [3.8, 4) is 11.1 Å². The van der Waals surface area contributed by atoms with Crippen LogP contribution in [0.4, 0.5) is 10.5 Å². The summed E-state index contributed by atoms with van der Waals surface area (Å²) in [5, 5.41) is 22.8. The van der Waals surface area contributed by atoms with E-state index in [1.807, 2.05) is 48.5 Å². The van der Waals surface area contributed by atoms with Crippen molar-refractivity contribution in [1.82, 2.24) is 5.32 Å². The fraction of sp³-hybridized carbons (Fsp3) is 0.130. The highest BCUT2D eigenvalue weighted by atomic mass is 16.6. The van der Waals surface area contributed by atoms with E-state index < -0.39 is 23.0 Å². The fourth-order valence-electron chi connectivity index (χ4n) is 3.86. The predicted octanol–water partition coefficient (Wildman–Crippen LogP) is 4.26. The van der Waals surface area contributed by atoms with Crippen LogP contribution in [-0.4, -0.2) is 28.7 Å². The molecule has 8 nitrogen and oxygen atoms in total. The van der Waals surface area contributed by atoms with Crippen LogP contribution in [0.3, 0.4) is 0 Å². The molecule has 0 spiro atoms. The topological polar surface area (TPSA) is 119 Å². The molecule has 1 amide bonds. The van der Waals surface area contributed by atoms with Crippen molar-refractivity contribution in [1.29, 1.82) is 0 Å². The Balaban J connectivity index is 1.49. The molecule has 0 saturated carbocycles. The summed E-state index contributed by atoms with van der Waals surface area (Å²) in [7, 11) is 0.